The minimum absolute atomic E-state index is 0.0227. The number of rotatable bonds is 2. The molecule has 1 aliphatic heterocycles. The summed E-state index contributed by atoms with van der Waals surface area (Å²) in [4.78, 5) is 17.7. The average molecular weight is 240 g/mol. The van der Waals surface area contributed by atoms with Crippen LogP contribution in [0.3, 0.4) is 0 Å². The number of anilines is 1. The number of benzene rings is 1. The molecule has 90 valence electrons. The zero-order valence-corrected chi connectivity index (χ0v) is 9.74. The van der Waals surface area contributed by atoms with Crippen molar-refractivity contribution in [2.24, 2.45) is 0 Å². The second kappa shape index (κ2) is 4.49. The minimum Gasteiger partial charge on any atom is -0.482 e. The zero-order chi connectivity index (χ0) is 12.4. The van der Waals surface area contributed by atoms with E-state index in [2.05, 4.69) is 4.98 Å². The van der Waals surface area contributed by atoms with Crippen LogP contribution in [0.1, 0.15) is 5.56 Å². The van der Waals surface area contributed by atoms with Crippen molar-refractivity contribution in [3.05, 3.63) is 54.4 Å². The molecule has 0 spiro atoms. The highest BCUT2D eigenvalue weighted by Gasteiger charge is 2.24. The van der Waals surface area contributed by atoms with Gasteiger partial charge in [0.25, 0.3) is 5.91 Å². The van der Waals surface area contributed by atoms with Crippen molar-refractivity contribution >= 4 is 11.6 Å². The highest BCUT2D eigenvalue weighted by atomic mass is 16.5. The van der Waals surface area contributed by atoms with E-state index in [1.807, 2.05) is 36.4 Å². The highest BCUT2D eigenvalue weighted by Crippen LogP contribution is 2.32. The Kier molecular flexibility index (Phi) is 2.68. The molecule has 3 rings (SSSR count). The normalized spacial score (nSPS) is 14.0. The molecule has 0 fully saturated rings. The van der Waals surface area contributed by atoms with Crippen molar-refractivity contribution in [3.63, 3.8) is 0 Å². The Balaban J connectivity index is 1.94. The molecular weight excluding hydrogens is 228 g/mol. The molecule has 0 unspecified atom stereocenters. The van der Waals surface area contributed by atoms with E-state index in [1.54, 1.807) is 17.3 Å². The Hall–Kier alpha value is -2.36. The molecule has 2 aromatic rings. The van der Waals surface area contributed by atoms with Crippen molar-refractivity contribution in [2.75, 3.05) is 11.5 Å². The largest absolute Gasteiger partial charge is 0.482 e. The van der Waals surface area contributed by atoms with Gasteiger partial charge < -0.3 is 9.64 Å². The molecule has 0 N–H and O–H groups in total. The van der Waals surface area contributed by atoms with Crippen molar-refractivity contribution < 1.29 is 9.53 Å². The maximum Gasteiger partial charge on any atom is 0.265 e. The van der Waals surface area contributed by atoms with Crippen LogP contribution in [-0.2, 0) is 11.3 Å². The van der Waals surface area contributed by atoms with Gasteiger partial charge in [-0.3, -0.25) is 9.78 Å². The van der Waals surface area contributed by atoms with Crippen LogP contribution >= 0.6 is 0 Å². The van der Waals surface area contributed by atoms with Crippen LogP contribution in [0, 0.1) is 0 Å². The molecular formula is C14H12N2O2. The molecule has 1 aliphatic rings. The van der Waals surface area contributed by atoms with Crippen LogP contribution in [0.4, 0.5) is 5.69 Å². The molecule has 0 radical (unpaired) electrons. The van der Waals surface area contributed by atoms with Gasteiger partial charge in [-0.25, -0.2) is 0 Å². The molecule has 0 saturated heterocycles. The van der Waals surface area contributed by atoms with Gasteiger partial charge in [0.1, 0.15) is 5.75 Å². The molecule has 0 atom stereocenters. The summed E-state index contributed by atoms with van der Waals surface area (Å²) in [6.07, 6.45) is 3.46. The Morgan fingerprint density at radius 3 is 2.78 bits per heavy atom. The van der Waals surface area contributed by atoms with Crippen LogP contribution in [0.15, 0.2) is 48.8 Å². The third kappa shape index (κ3) is 1.93. The van der Waals surface area contributed by atoms with Crippen molar-refractivity contribution in [1.82, 2.24) is 4.98 Å². The third-order valence-electron chi connectivity index (χ3n) is 2.90. The fourth-order valence-corrected chi connectivity index (χ4v) is 2.00. The van der Waals surface area contributed by atoms with Gasteiger partial charge in [0, 0.05) is 12.4 Å². The monoisotopic (exact) mass is 240 g/mol. The molecule has 18 heavy (non-hydrogen) atoms. The van der Waals surface area contributed by atoms with E-state index >= 15 is 0 Å². The molecule has 1 aromatic heterocycles. The number of aromatic nitrogens is 1. The molecule has 0 bridgehead atoms. The molecule has 1 amide bonds. The van der Waals surface area contributed by atoms with Gasteiger partial charge >= 0.3 is 0 Å². The predicted molar refractivity (Wildman–Crippen MR) is 67.4 cm³/mol. The number of hydrogen-bond donors (Lipinski definition) is 0. The van der Waals surface area contributed by atoms with Crippen LogP contribution in [0.2, 0.25) is 0 Å². The Labute approximate surface area is 105 Å². The first kappa shape index (κ1) is 10.8. The lowest BCUT2D eigenvalue weighted by Crippen LogP contribution is -2.38. The molecule has 0 aliphatic carbocycles. The molecule has 2 heterocycles. The number of nitrogens with zero attached hydrogens (tertiary/aromatic N) is 2. The Morgan fingerprint density at radius 2 is 1.94 bits per heavy atom. The van der Waals surface area contributed by atoms with Gasteiger partial charge in [0.2, 0.25) is 0 Å². The van der Waals surface area contributed by atoms with Gasteiger partial charge in [-0.2, -0.15) is 0 Å². The lowest BCUT2D eigenvalue weighted by atomic mass is 10.2. The number of para-hydroxylation sites is 2. The first-order valence-corrected chi connectivity index (χ1v) is 5.76. The van der Waals surface area contributed by atoms with E-state index in [-0.39, 0.29) is 12.5 Å². The summed E-state index contributed by atoms with van der Waals surface area (Å²) in [5, 5.41) is 0. The number of pyridine rings is 1. The summed E-state index contributed by atoms with van der Waals surface area (Å²) < 4.78 is 5.40. The fraction of sp³-hybridized carbons (Fsp3) is 0.143. The van der Waals surface area contributed by atoms with E-state index in [4.69, 9.17) is 4.74 Å². The number of carbonyl (C=O) groups excluding carboxylic acids is 1. The first-order valence-electron chi connectivity index (χ1n) is 5.76. The SMILES string of the molecule is O=C1COc2ccccc2N1Cc1ccncc1. The molecule has 0 saturated carbocycles. The standard InChI is InChI=1S/C14H12N2O2/c17-14-10-18-13-4-2-1-3-12(13)16(14)9-11-5-7-15-8-6-11/h1-8H,9-10H2. The predicted octanol–water partition coefficient (Wildman–Crippen LogP) is 2.01. The van der Waals surface area contributed by atoms with E-state index in [9.17, 15) is 4.79 Å². The van der Waals surface area contributed by atoms with Crippen molar-refractivity contribution in [2.45, 2.75) is 6.54 Å². The second-order valence-corrected chi connectivity index (χ2v) is 4.09. The lowest BCUT2D eigenvalue weighted by Gasteiger charge is -2.29. The Morgan fingerprint density at radius 1 is 1.17 bits per heavy atom. The van der Waals surface area contributed by atoms with E-state index < -0.39 is 0 Å². The maximum absolute atomic E-state index is 11.9. The average Bonchev–Trinajstić information content (AvgIpc) is 2.43. The van der Waals surface area contributed by atoms with Crippen LogP contribution in [0.25, 0.3) is 0 Å². The highest BCUT2D eigenvalue weighted by molar-refractivity contribution is 5.97. The summed E-state index contributed by atoms with van der Waals surface area (Å²) in [5.74, 6) is 0.733. The number of amides is 1. The molecule has 4 heteroatoms. The van der Waals surface area contributed by atoms with Crippen LogP contribution in [0.5, 0.6) is 5.75 Å². The van der Waals surface area contributed by atoms with Gasteiger partial charge in [0.05, 0.1) is 12.2 Å². The smallest absolute Gasteiger partial charge is 0.265 e. The second-order valence-electron chi connectivity index (χ2n) is 4.09. The van der Waals surface area contributed by atoms with Crippen LogP contribution in [-0.4, -0.2) is 17.5 Å². The Bertz CT molecular complexity index is 569. The molecule has 4 nitrogen and oxygen atoms in total. The number of fused-ring (bicyclic) bond motifs is 1. The van der Waals surface area contributed by atoms with Crippen molar-refractivity contribution in [1.29, 1.82) is 0 Å². The van der Waals surface area contributed by atoms with Crippen LogP contribution < -0.4 is 9.64 Å². The minimum atomic E-state index is -0.0227. The lowest BCUT2D eigenvalue weighted by molar-refractivity contribution is -0.121. The van der Waals surface area contributed by atoms with E-state index in [0.29, 0.717) is 6.54 Å². The van der Waals surface area contributed by atoms with E-state index in [0.717, 1.165) is 17.0 Å². The van der Waals surface area contributed by atoms with Crippen molar-refractivity contribution in [3.8, 4) is 5.75 Å². The van der Waals surface area contributed by atoms with Gasteiger partial charge in [-0.15, -0.1) is 0 Å². The van der Waals surface area contributed by atoms with Gasteiger partial charge in [-0.05, 0) is 29.8 Å². The van der Waals surface area contributed by atoms with Gasteiger partial charge in [-0.1, -0.05) is 12.1 Å². The number of carbonyl (C=O) groups is 1. The van der Waals surface area contributed by atoms with Gasteiger partial charge in [0.15, 0.2) is 6.61 Å². The zero-order valence-electron chi connectivity index (χ0n) is 9.74. The summed E-state index contributed by atoms with van der Waals surface area (Å²) in [6.45, 7) is 0.643. The first-order chi connectivity index (χ1) is 8.84. The third-order valence-corrected chi connectivity index (χ3v) is 2.90. The number of hydrogen-bond acceptors (Lipinski definition) is 3. The summed E-state index contributed by atoms with van der Waals surface area (Å²) in [7, 11) is 0. The maximum atomic E-state index is 11.9. The molecule has 1 aromatic carbocycles. The summed E-state index contributed by atoms with van der Waals surface area (Å²) in [5.41, 5.74) is 1.88. The number of ether oxygens (including phenoxy) is 1. The summed E-state index contributed by atoms with van der Waals surface area (Å²) >= 11 is 0. The van der Waals surface area contributed by atoms with E-state index in [1.165, 1.54) is 0 Å². The summed E-state index contributed by atoms with van der Waals surface area (Å²) in [6, 6.07) is 11.4. The fourth-order valence-electron chi connectivity index (χ4n) is 2.00. The quantitative estimate of drug-likeness (QED) is 0.806. The topological polar surface area (TPSA) is 42.4 Å².